The summed E-state index contributed by atoms with van der Waals surface area (Å²) in [6.45, 7) is 0.317. The topological polar surface area (TPSA) is 61.8 Å². The van der Waals surface area contributed by atoms with Crippen LogP contribution in [0.1, 0.15) is 11.9 Å². The number of ether oxygens (including phenoxy) is 2. The fraction of sp³-hybridized carbons (Fsp3) is 0.455. The van der Waals surface area contributed by atoms with Gasteiger partial charge < -0.3 is 9.47 Å². The third kappa shape index (κ3) is 3.78. The molecule has 2 rings (SSSR count). The fourth-order valence-corrected chi connectivity index (χ4v) is 1.92. The zero-order valence-corrected chi connectivity index (χ0v) is 10.2. The van der Waals surface area contributed by atoms with Gasteiger partial charge in [-0.2, -0.15) is 8.42 Å². The van der Waals surface area contributed by atoms with Crippen LogP contribution < -0.4 is 0 Å². The smallest absolute Gasteiger partial charge is 0.264 e. The molecule has 1 aromatic rings. The summed E-state index contributed by atoms with van der Waals surface area (Å²) in [5, 5.41) is 0. The van der Waals surface area contributed by atoms with Crippen molar-refractivity contribution in [2.75, 3.05) is 19.5 Å². The van der Waals surface area contributed by atoms with Crippen LogP contribution in [0.5, 0.6) is 0 Å². The first kappa shape index (κ1) is 12.5. The van der Waals surface area contributed by atoms with Gasteiger partial charge in [0.1, 0.15) is 6.10 Å². The second-order valence-corrected chi connectivity index (χ2v) is 5.47. The van der Waals surface area contributed by atoms with Crippen LogP contribution in [0.4, 0.5) is 0 Å². The van der Waals surface area contributed by atoms with E-state index in [1.54, 1.807) is 0 Å². The molecule has 0 aromatic heterocycles. The molecule has 17 heavy (non-hydrogen) atoms. The molecule has 0 bridgehead atoms. The van der Waals surface area contributed by atoms with Crippen LogP contribution in [-0.2, 0) is 23.8 Å². The third-order valence-electron chi connectivity index (χ3n) is 2.29. The van der Waals surface area contributed by atoms with E-state index in [1.807, 2.05) is 30.3 Å². The highest BCUT2D eigenvalue weighted by molar-refractivity contribution is 7.85. The van der Waals surface area contributed by atoms with E-state index in [1.165, 1.54) is 0 Å². The maximum absolute atomic E-state index is 10.8. The van der Waals surface area contributed by atoms with Gasteiger partial charge in [-0.1, -0.05) is 30.3 Å². The molecule has 1 fully saturated rings. The number of hydrogen-bond acceptors (Lipinski definition) is 5. The standard InChI is InChI=1S/C11H14O5S/c1-17(12,13)15-8-10-7-14-11(16-10)9-5-3-2-4-6-9/h2-6,10-11H,7-8H2,1H3/t10-,11+/m0/s1. The predicted octanol–water partition coefficient (Wildman–Crippen LogP) is 1.08. The van der Waals surface area contributed by atoms with E-state index in [2.05, 4.69) is 4.18 Å². The van der Waals surface area contributed by atoms with E-state index >= 15 is 0 Å². The van der Waals surface area contributed by atoms with E-state index in [4.69, 9.17) is 9.47 Å². The summed E-state index contributed by atoms with van der Waals surface area (Å²) < 4.78 is 37.3. The van der Waals surface area contributed by atoms with Crippen LogP contribution in [0, 0.1) is 0 Å². The van der Waals surface area contributed by atoms with E-state index in [0.717, 1.165) is 11.8 Å². The Bertz CT molecular complexity index is 456. The molecule has 0 unspecified atom stereocenters. The maximum Gasteiger partial charge on any atom is 0.264 e. The molecule has 0 amide bonds. The molecule has 5 nitrogen and oxygen atoms in total. The molecule has 1 aliphatic rings. The van der Waals surface area contributed by atoms with Gasteiger partial charge in [0, 0.05) is 5.56 Å². The summed E-state index contributed by atoms with van der Waals surface area (Å²) in [6, 6.07) is 9.47. The minimum atomic E-state index is -3.43. The summed E-state index contributed by atoms with van der Waals surface area (Å²) in [6.07, 6.45) is 0.219. The minimum absolute atomic E-state index is 0.0117. The van der Waals surface area contributed by atoms with Crippen LogP contribution in [0.2, 0.25) is 0 Å². The van der Waals surface area contributed by atoms with Crippen molar-refractivity contribution in [1.29, 1.82) is 0 Å². The van der Waals surface area contributed by atoms with Crippen molar-refractivity contribution in [2.24, 2.45) is 0 Å². The van der Waals surface area contributed by atoms with Crippen molar-refractivity contribution in [3.63, 3.8) is 0 Å². The molecule has 1 aliphatic heterocycles. The molecule has 1 saturated heterocycles. The molecule has 0 N–H and O–H groups in total. The fourth-order valence-electron chi connectivity index (χ4n) is 1.52. The second-order valence-electron chi connectivity index (χ2n) is 3.82. The number of hydrogen-bond donors (Lipinski definition) is 0. The first-order valence-corrected chi connectivity index (χ1v) is 7.03. The first-order valence-electron chi connectivity index (χ1n) is 5.21. The van der Waals surface area contributed by atoms with E-state index in [9.17, 15) is 8.42 Å². The number of rotatable bonds is 4. The molecular weight excluding hydrogens is 244 g/mol. The highest BCUT2D eigenvalue weighted by Gasteiger charge is 2.28. The van der Waals surface area contributed by atoms with Crippen LogP contribution in [0.15, 0.2) is 30.3 Å². The molecule has 0 radical (unpaired) electrons. The Hall–Kier alpha value is -0.950. The number of benzene rings is 1. The summed E-state index contributed by atoms with van der Waals surface area (Å²) in [4.78, 5) is 0. The van der Waals surface area contributed by atoms with Crippen LogP contribution >= 0.6 is 0 Å². The van der Waals surface area contributed by atoms with Crippen molar-refractivity contribution in [1.82, 2.24) is 0 Å². The van der Waals surface area contributed by atoms with Gasteiger partial charge in [-0.15, -0.1) is 0 Å². The highest BCUT2D eigenvalue weighted by atomic mass is 32.2. The van der Waals surface area contributed by atoms with Crippen molar-refractivity contribution in [3.05, 3.63) is 35.9 Å². The van der Waals surface area contributed by atoms with E-state index in [-0.39, 0.29) is 12.7 Å². The van der Waals surface area contributed by atoms with Crippen molar-refractivity contribution < 1.29 is 22.1 Å². The third-order valence-corrected chi connectivity index (χ3v) is 2.85. The lowest BCUT2D eigenvalue weighted by atomic mass is 10.2. The van der Waals surface area contributed by atoms with Crippen LogP contribution in [-0.4, -0.2) is 34.0 Å². The molecule has 2 atom stereocenters. The zero-order chi connectivity index (χ0) is 12.3. The lowest BCUT2D eigenvalue weighted by Gasteiger charge is -2.11. The Morgan fingerprint density at radius 2 is 2.06 bits per heavy atom. The lowest BCUT2D eigenvalue weighted by molar-refractivity contribution is -0.0656. The molecule has 0 spiro atoms. The maximum atomic E-state index is 10.8. The van der Waals surface area contributed by atoms with Crippen molar-refractivity contribution in [2.45, 2.75) is 12.4 Å². The zero-order valence-electron chi connectivity index (χ0n) is 9.41. The highest BCUT2D eigenvalue weighted by Crippen LogP contribution is 2.26. The Balaban J connectivity index is 1.88. The van der Waals surface area contributed by atoms with Crippen LogP contribution in [0.3, 0.4) is 0 Å². The van der Waals surface area contributed by atoms with Gasteiger partial charge in [-0.05, 0) is 0 Å². The van der Waals surface area contributed by atoms with Gasteiger partial charge in [0.2, 0.25) is 0 Å². The Morgan fingerprint density at radius 1 is 1.35 bits per heavy atom. The molecular formula is C11H14O5S. The largest absolute Gasteiger partial charge is 0.346 e. The summed E-state index contributed by atoms with van der Waals surface area (Å²) >= 11 is 0. The molecule has 94 valence electrons. The quantitative estimate of drug-likeness (QED) is 0.756. The van der Waals surface area contributed by atoms with Gasteiger partial charge in [0.15, 0.2) is 6.29 Å². The average Bonchev–Trinajstić information content (AvgIpc) is 2.75. The Morgan fingerprint density at radius 3 is 2.71 bits per heavy atom. The molecule has 0 aliphatic carbocycles. The summed E-state index contributed by atoms with van der Waals surface area (Å²) in [5.74, 6) is 0. The Kier molecular flexibility index (Phi) is 3.78. The molecule has 6 heteroatoms. The van der Waals surface area contributed by atoms with Crippen LogP contribution in [0.25, 0.3) is 0 Å². The molecule has 0 saturated carbocycles. The summed E-state index contributed by atoms with van der Waals surface area (Å²) in [7, 11) is -3.43. The van der Waals surface area contributed by atoms with E-state index in [0.29, 0.717) is 6.61 Å². The monoisotopic (exact) mass is 258 g/mol. The molecule has 1 aromatic carbocycles. The second kappa shape index (κ2) is 5.14. The first-order chi connectivity index (χ1) is 8.04. The Labute approximate surface area is 100 Å². The van der Waals surface area contributed by atoms with Gasteiger partial charge in [0.05, 0.1) is 19.5 Å². The summed E-state index contributed by atoms with van der Waals surface area (Å²) in [5.41, 5.74) is 0.911. The normalized spacial score (nSPS) is 25.0. The van der Waals surface area contributed by atoms with Gasteiger partial charge in [-0.3, -0.25) is 4.18 Å². The predicted molar refractivity (Wildman–Crippen MR) is 60.8 cm³/mol. The van der Waals surface area contributed by atoms with Crippen molar-refractivity contribution >= 4 is 10.1 Å². The SMILES string of the molecule is CS(=O)(=O)OC[C@@H]1CO[C@@H](c2ccccc2)O1. The van der Waals surface area contributed by atoms with Gasteiger partial charge >= 0.3 is 0 Å². The van der Waals surface area contributed by atoms with Crippen molar-refractivity contribution in [3.8, 4) is 0 Å². The van der Waals surface area contributed by atoms with E-state index < -0.39 is 16.4 Å². The minimum Gasteiger partial charge on any atom is -0.346 e. The van der Waals surface area contributed by atoms with Gasteiger partial charge in [-0.25, -0.2) is 0 Å². The molecule has 1 heterocycles. The van der Waals surface area contributed by atoms with Gasteiger partial charge in [0.25, 0.3) is 10.1 Å². The lowest BCUT2D eigenvalue weighted by Crippen LogP contribution is -2.20. The average molecular weight is 258 g/mol.